The van der Waals surface area contributed by atoms with Gasteiger partial charge in [0.05, 0.1) is 19.2 Å². The molecule has 0 aromatic heterocycles. The van der Waals surface area contributed by atoms with Gasteiger partial charge in [-0.2, -0.15) is 0 Å². The summed E-state index contributed by atoms with van der Waals surface area (Å²) >= 11 is 0. The van der Waals surface area contributed by atoms with Gasteiger partial charge in [0.25, 0.3) is 0 Å². The Kier molecular flexibility index (Phi) is 9.09. The Morgan fingerprint density at radius 1 is 1.07 bits per heavy atom. The molecule has 1 aromatic carbocycles. The van der Waals surface area contributed by atoms with Gasteiger partial charge in [-0.15, -0.1) is 5.23 Å². The highest BCUT2D eigenvalue weighted by atomic mass is 16.8. The van der Waals surface area contributed by atoms with Crippen molar-refractivity contribution in [2.45, 2.75) is 96.6 Å². The summed E-state index contributed by atoms with van der Waals surface area (Å²) < 4.78 is 10.8. The highest BCUT2D eigenvalue weighted by Crippen LogP contribution is 2.65. The Labute approximate surface area is 257 Å². The SMILES string of the molecule is COC(=O)[C@H](Cc1ccc([O-])c(N(O)O)c1)NC(=O)CCC(=O)O[C@H]1CC[C@H]2[C@@H]3CCC4=CC(=O)CC[C@]4(C)[C@@H]3CC[C@]12C. The zero-order valence-electron chi connectivity index (χ0n) is 25.7. The Bertz CT molecular complexity index is 1340. The summed E-state index contributed by atoms with van der Waals surface area (Å²) in [5, 5.41) is 32.6. The van der Waals surface area contributed by atoms with Gasteiger partial charge in [0, 0.05) is 24.7 Å². The molecule has 5 rings (SSSR count). The molecule has 0 spiro atoms. The number of amides is 1. The number of methoxy groups -OCH3 is 1. The van der Waals surface area contributed by atoms with E-state index in [-0.39, 0.29) is 47.2 Å². The third-order valence-corrected chi connectivity index (χ3v) is 11.2. The van der Waals surface area contributed by atoms with Crippen molar-refractivity contribution in [2.75, 3.05) is 12.3 Å². The number of hydrogen-bond donors (Lipinski definition) is 3. The minimum absolute atomic E-state index is 0.0689. The van der Waals surface area contributed by atoms with Crippen molar-refractivity contribution < 1.29 is 44.2 Å². The molecule has 4 aliphatic carbocycles. The van der Waals surface area contributed by atoms with Crippen molar-refractivity contribution in [3.8, 4) is 5.75 Å². The average Bonchev–Trinajstić information content (AvgIpc) is 3.32. The predicted molar refractivity (Wildman–Crippen MR) is 155 cm³/mol. The van der Waals surface area contributed by atoms with E-state index in [1.165, 1.54) is 24.8 Å². The highest BCUT2D eigenvalue weighted by molar-refractivity contribution is 5.91. The Hall–Kier alpha value is -3.44. The van der Waals surface area contributed by atoms with Gasteiger partial charge >= 0.3 is 11.9 Å². The summed E-state index contributed by atoms with van der Waals surface area (Å²) in [5.41, 5.74) is 1.29. The maximum atomic E-state index is 13.0. The number of carbonyl (C=O) groups excluding carboxylic acids is 4. The van der Waals surface area contributed by atoms with E-state index in [9.17, 15) is 34.7 Å². The number of rotatable bonds is 9. The summed E-state index contributed by atoms with van der Waals surface area (Å²) in [7, 11) is 1.18. The van der Waals surface area contributed by atoms with Crippen molar-refractivity contribution in [3.63, 3.8) is 0 Å². The van der Waals surface area contributed by atoms with Crippen molar-refractivity contribution in [3.05, 3.63) is 35.4 Å². The lowest BCUT2D eigenvalue weighted by molar-refractivity contribution is -0.268. The molecule has 240 valence electrons. The van der Waals surface area contributed by atoms with Gasteiger partial charge in [0.15, 0.2) is 5.78 Å². The van der Waals surface area contributed by atoms with E-state index >= 15 is 0 Å². The quantitative estimate of drug-likeness (QED) is 0.276. The lowest BCUT2D eigenvalue weighted by Crippen LogP contribution is -2.51. The maximum Gasteiger partial charge on any atom is 0.328 e. The average molecular weight is 612 g/mol. The number of nitrogens with zero attached hydrogens (tertiary/aromatic N) is 1. The number of carbonyl (C=O) groups is 4. The second kappa shape index (κ2) is 12.5. The molecule has 4 aliphatic rings. The van der Waals surface area contributed by atoms with Crippen LogP contribution in [-0.2, 0) is 35.1 Å². The molecule has 11 heteroatoms. The monoisotopic (exact) mass is 611 g/mol. The van der Waals surface area contributed by atoms with Gasteiger partial charge < -0.3 is 19.9 Å². The first-order chi connectivity index (χ1) is 20.9. The zero-order valence-corrected chi connectivity index (χ0v) is 25.7. The molecule has 0 heterocycles. The first kappa shape index (κ1) is 32.0. The van der Waals surface area contributed by atoms with E-state index in [2.05, 4.69) is 19.2 Å². The van der Waals surface area contributed by atoms with Crippen molar-refractivity contribution in [2.24, 2.45) is 28.6 Å². The van der Waals surface area contributed by atoms with Gasteiger partial charge in [-0.25, -0.2) is 4.79 Å². The van der Waals surface area contributed by atoms with E-state index in [0.717, 1.165) is 51.0 Å². The van der Waals surface area contributed by atoms with Gasteiger partial charge in [0.2, 0.25) is 5.91 Å². The molecular weight excluding hydrogens is 568 g/mol. The van der Waals surface area contributed by atoms with E-state index in [0.29, 0.717) is 29.7 Å². The molecule has 3 saturated carbocycles. The second-order valence-electron chi connectivity index (χ2n) is 13.5. The number of allylic oxidation sites excluding steroid dienone is 1. The molecule has 44 heavy (non-hydrogen) atoms. The Morgan fingerprint density at radius 3 is 2.57 bits per heavy atom. The van der Waals surface area contributed by atoms with Crippen LogP contribution in [0.1, 0.15) is 83.6 Å². The molecule has 3 N–H and O–H groups in total. The molecule has 1 amide bonds. The number of hydrogen-bond acceptors (Lipinski definition) is 10. The molecular formula is C33H43N2O9-. The lowest BCUT2D eigenvalue weighted by atomic mass is 9.47. The number of ether oxygens (including phenoxy) is 2. The van der Waals surface area contributed by atoms with E-state index < -0.39 is 35.3 Å². The molecule has 0 unspecified atom stereocenters. The first-order valence-corrected chi connectivity index (χ1v) is 15.6. The number of ketones is 1. The number of anilines is 1. The third-order valence-electron chi connectivity index (χ3n) is 11.2. The van der Waals surface area contributed by atoms with Crippen LogP contribution in [0.2, 0.25) is 0 Å². The summed E-state index contributed by atoms with van der Waals surface area (Å²) in [5.74, 6) is -0.532. The van der Waals surface area contributed by atoms with Gasteiger partial charge in [-0.3, -0.25) is 24.8 Å². The highest BCUT2D eigenvalue weighted by Gasteiger charge is 2.60. The predicted octanol–water partition coefficient (Wildman–Crippen LogP) is 3.77. The van der Waals surface area contributed by atoms with Crippen LogP contribution in [-0.4, -0.2) is 53.3 Å². The Morgan fingerprint density at radius 2 is 1.84 bits per heavy atom. The van der Waals surface area contributed by atoms with Crippen molar-refractivity contribution in [1.29, 1.82) is 0 Å². The fourth-order valence-electron chi connectivity index (χ4n) is 8.82. The molecule has 1 aromatic rings. The van der Waals surface area contributed by atoms with Crippen LogP contribution in [0.4, 0.5) is 5.69 Å². The molecule has 0 radical (unpaired) electrons. The van der Waals surface area contributed by atoms with Crippen molar-refractivity contribution >= 4 is 29.3 Å². The van der Waals surface area contributed by atoms with E-state index in [1.807, 2.05) is 6.08 Å². The summed E-state index contributed by atoms with van der Waals surface area (Å²) in [4.78, 5) is 50.2. The number of fused-ring (bicyclic) bond motifs is 5. The smallest absolute Gasteiger partial charge is 0.328 e. The molecule has 7 atom stereocenters. The molecule has 3 fully saturated rings. The van der Waals surface area contributed by atoms with Crippen LogP contribution < -0.4 is 15.6 Å². The minimum atomic E-state index is -1.11. The number of esters is 2. The second-order valence-corrected chi connectivity index (χ2v) is 13.5. The van der Waals surface area contributed by atoms with Gasteiger partial charge in [-0.05, 0) is 85.8 Å². The number of benzene rings is 1. The fourth-order valence-corrected chi connectivity index (χ4v) is 8.82. The minimum Gasteiger partial charge on any atom is -0.871 e. The largest absolute Gasteiger partial charge is 0.871 e. The Balaban J connectivity index is 1.15. The van der Waals surface area contributed by atoms with Gasteiger partial charge in [-0.1, -0.05) is 37.3 Å². The van der Waals surface area contributed by atoms with Crippen LogP contribution in [0.15, 0.2) is 29.8 Å². The summed E-state index contributed by atoms with van der Waals surface area (Å²) in [6.07, 6.45) is 8.74. The molecule has 0 saturated heterocycles. The summed E-state index contributed by atoms with van der Waals surface area (Å²) in [6, 6.07) is 2.62. The zero-order chi connectivity index (χ0) is 31.8. The first-order valence-electron chi connectivity index (χ1n) is 15.6. The van der Waals surface area contributed by atoms with Crippen LogP contribution in [0.3, 0.4) is 0 Å². The van der Waals surface area contributed by atoms with Crippen LogP contribution in [0.25, 0.3) is 0 Å². The van der Waals surface area contributed by atoms with Crippen LogP contribution >= 0.6 is 0 Å². The normalized spacial score (nSPS) is 31.5. The van der Waals surface area contributed by atoms with Gasteiger partial charge in [0.1, 0.15) is 12.1 Å². The van der Waals surface area contributed by atoms with E-state index in [4.69, 9.17) is 9.47 Å². The molecule has 0 aliphatic heterocycles. The fraction of sp³-hybridized carbons (Fsp3) is 0.636. The number of nitrogens with one attached hydrogen (secondary N) is 1. The standard InChI is InChI=1S/C33H44N2O9/c1-32-14-12-21(36)18-20(32)5-6-22-23-7-9-28(33(23,2)15-13-24(22)32)44-30(39)11-10-29(38)34-25(31(40)43-3)16-19-4-8-27(37)26(17-19)35(41)42/h4,8,17-18,22-25,28,37,41-42H,5-7,9-16H2,1-3H3,(H,34,38)/p-1/t22-,23-,24+,25-,28-,32-,33-/m0/s1. The molecule has 0 bridgehead atoms. The van der Waals surface area contributed by atoms with Crippen LogP contribution in [0, 0.1) is 28.6 Å². The summed E-state index contributed by atoms with van der Waals surface area (Å²) in [6.45, 7) is 4.60. The lowest BCUT2D eigenvalue weighted by Gasteiger charge is -2.57. The van der Waals surface area contributed by atoms with E-state index in [1.54, 1.807) is 0 Å². The maximum absolute atomic E-state index is 13.0. The van der Waals surface area contributed by atoms with Crippen molar-refractivity contribution in [1.82, 2.24) is 5.32 Å². The topological polar surface area (TPSA) is 166 Å². The van der Waals surface area contributed by atoms with Crippen LogP contribution in [0.5, 0.6) is 5.75 Å². The molecule has 11 nitrogen and oxygen atoms in total. The third kappa shape index (κ3) is 6.08.